The third-order valence-corrected chi connectivity index (χ3v) is 6.15. The molecule has 2 aromatic heterocycles. The first kappa shape index (κ1) is 22.4. The smallest absolute Gasteiger partial charge is 0.266 e. The number of alkyl halides is 1. The van der Waals surface area contributed by atoms with E-state index in [4.69, 9.17) is 10.5 Å². The van der Waals surface area contributed by atoms with Gasteiger partial charge in [0.05, 0.1) is 18.8 Å². The molecule has 3 N–H and O–H groups in total. The summed E-state index contributed by atoms with van der Waals surface area (Å²) in [5.41, 5.74) is 7.04. The lowest BCUT2D eigenvalue weighted by Crippen LogP contribution is -2.49. The molecule has 2 fully saturated rings. The van der Waals surface area contributed by atoms with E-state index < -0.39 is 6.36 Å². The minimum atomic E-state index is -1.40. The van der Waals surface area contributed by atoms with Crippen LogP contribution in [0, 0.1) is 5.92 Å². The van der Waals surface area contributed by atoms with E-state index in [1.807, 2.05) is 36.4 Å². The number of para-hydroxylation sites is 1. The third-order valence-electron chi connectivity index (χ3n) is 6.15. The van der Waals surface area contributed by atoms with Gasteiger partial charge < -0.3 is 20.5 Å². The van der Waals surface area contributed by atoms with Gasteiger partial charge in [-0.25, -0.2) is 24.4 Å². The quantitative estimate of drug-likeness (QED) is 0.550. The Morgan fingerprint density at radius 1 is 1.12 bits per heavy atom. The van der Waals surface area contributed by atoms with Gasteiger partial charge in [-0.1, -0.05) is 18.2 Å². The number of morpholine rings is 1. The molecule has 5 rings (SSSR count). The number of nitrogens with zero attached hydrogens (tertiary/aromatic N) is 8. The molecule has 11 nitrogen and oxygen atoms in total. The first-order valence-electron chi connectivity index (χ1n) is 11.4. The van der Waals surface area contributed by atoms with Crippen LogP contribution in [0.5, 0.6) is 0 Å². The minimum Gasteiger partial charge on any atom is -0.396 e. The molecule has 0 aliphatic carbocycles. The summed E-state index contributed by atoms with van der Waals surface area (Å²) in [6.45, 7) is 2.61. The summed E-state index contributed by atoms with van der Waals surface area (Å²) in [7, 11) is 0. The monoisotopic (exact) mass is 469 g/mol. The van der Waals surface area contributed by atoms with Crippen LogP contribution >= 0.6 is 0 Å². The van der Waals surface area contributed by atoms with E-state index in [1.165, 1.54) is 11.0 Å². The highest BCUT2D eigenvalue weighted by molar-refractivity contribution is 5.57. The molecule has 1 unspecified atom stereocenters. The minimum absolute atomic E-state index is 0.0464. The van der Waals surface area contributed by atoms with Crippen molar-refractivity contribution >= 4 is 23.4 Å². The van der Waals surface area contributed by atoms with Crippen LogP contribution in [0.4, 0.5) is 27.8 Å². The van der Waals surface area contributed by atoms with E-state index >= 15 is 0 Å². The zero-order valence-corrected chi connectivity index (χ0v) is 18.7. The number of aliphatic hydroxyl groups excluding tert-OH is 1. The topological polar surface area (TPSA) is 122 Å². The maximum Gasteiger partial charge on any atom is 0.266 e. The number of halogens is 1. The zero-order chi connectivity index (χ0) is 23.5. The molecule has 4 heterocycles. The molecule has 0 bridgehead atoms. The number of aliphatic hydroxyl groups is 1. The van der Waals surface area contributed by atoms with Gasteiger partial charge in [-0.05, 0) is 30.9 Å². The normalized spacial score (nSPS) is 19.9. The van der Waals surface area contributed by atoms with Crippen molar-refractivity contribution in [2.24, 2.45) is 5.92 Å². The Labute approximate surface area is 196 Å². The van der Waals surface area contributed by atoms with Crippen LogP contribution in [-0.4, -0.2) is 80.6 Å². The maximum atomic E-state index is 14.0. The number of benzene rings is 1. The summed E-state index contributed by atoms with van der Waals surface area (Å²) in [6.07, 6.45) is 1.90. The molecule has 1 aromatic carbocycles. The van der Waals surface area contributed by atoms with Crippen LogP contribution in [0.25, 0.3) is 5.82 Å². The second-order valence-corrected chi connectivity index (χ2v) is 8.37. The molecule has 180 valence electrons. The molecule has 1 atom stereocenters. The van der Waals surface area contributed by atoms with Gasteiger partial charge >= 0.3 is 0 Å². The summed E-state index contributed by atoms with van der Waals surface area (Å²) >= 11 is 0. The molecule has 0 spiro atoms. The fourth-order valence-electron chi connectivity index (χ4n) is 4.29. The molecule has 2 aliphatic heterocycles. The van der Waals surface area contributed by atoms with Crippen molar-refractivity contribution < 1.29 is 14.2 Å². The molecule has 2 aliphatic rings. The Balaban J connectivity index is 1.45. The molecule has 0 saturated carbocycles. The van der Waals surface area contributed by atoms with E-state index in [2.05, 4.69) is 25.0 Å². The van der Waals surface area contributed by atoms with Crippen LogP contribution in [0.1, 0.15) is 12.8 Å². The molecular weight excluding hydrogens is 441 g/mol. The Morgan fingerprint density at radius 2 is 1.88 bits per heavy atom. The fraction of sp³-hybridized carbons (Fsp3) is 0.455. The number of hydrogen-bond donors (Lipinski definition) is 2. The van der Waals surface area contributed by atoms with Gasteiger partial charge in [0.25, 0.3) is 5.95 Å². The van der Waals surface area contributed by atoms with Crippen LogP contribution in [-0.2, 0) is 4.74 Å². The Hall–Kier alpha value is -3.35. The second-order valence-electron chi connectivity index (χ2n) is 8.37. The summed E-state index contributed by atoms with van der Waals surface area (Å²) in [6, 6.07) is 11.3. The van der Waals surface area contributed by atoms with Crippen molar-refractivity contribution in [3.63, 3.8) is 0 Å². The van der Waals surface area contributed by atoms with E-state index in [1.54, 1.807) is 10.0 Å². The average molecular weight is 470 g/mol. The number of rotatable bonds is 6. The van der Waals surface area contributed by atoms with Crippen LogP contribution in [0.15, 0.2) is 42.7 Å². The first-order valence-corrected chi connectivity index (χ1v) is 11.4. The number of nitrogens with two attached hydrogens (primary N) is 1. The van der Waals surface area contributed by atoms with Gasteiger partial charge in [0.15, 0.2) is 5.82 Å². The standard InChI is InChI=1S/C22H28FN9O2/c23-18-13-30(10-11-34-18)32(17-4-2-1-3-5-17)22-27-21(24)31(28-22)20-12-19(25-15-26-20)29-8-6-16(14-33)7-9-29/h1-5,12,15-16,18,33H,6-11,13-14H2,(H2,24,27,28). The highest BCUT2D eigenvalue weighted by atomic mass is 19.1. The summed E-state index contributed by atoms with van der Waals surface area (Å²) < 4.78 is 20.6. The van der Waals surface area contributed by atoms with Crippen LogP contribution in [0.3, 0.4) is 0 Å². The number of anilines is 4. The first-order chi connectivity index (χ1) is 16.6. The SMILES string of the molecule is Nc1nc(N(c2ccccc2)N2CCOC(F)C2)nn1-c1cc(N2CCC(CO)CC2)ncn1. The number of ether oxygens (including phenoxy) is 1. The Morgan fingerprint density at radius 3 is 2.62 bits per heavy atom. The summed E-state index contributed by atoms with van der Waals surface area (Å²) in [5.74, 6) is 2.06. The van der Waals surface area contributed by atoms with E-state index in [0.29, 0.717) is 24.2 Å². The maximum absolute atomic E-state index is 14.0. The fourth-order valence-corrected chi connectivity index (χ4v) is 4.29. The van der Waals surface area contributed by atoms with Gasteiger partial charge in [0.1, 0.15) is 12.1 Å². The zero-order valence-electron chi connectivity index (χ0n) is 18.7. The highest BCUT2D eigenvalue weighted by Crippen LogP contribution is 2.28. The van der Waals surface area contributed by atoms with Crippen molar-refractivity contribution in [3.05, 3.63) is 42.7 Å². The molecule has 2 saturated heterocycles. The summed E-state index contributed by atoms with van der Waals surface area (Å²) in [4.78, 5) is 15.4. The average Bonchev–Trinajstić information content (AvgIpc) is 3.26. The highest BCUT2D eigenvalue weighted by Gasteiger charge is 2.29. The van der Waals surface area contributed by atoms with E-state index in [-0.39, 0.29) is 25.7 Å². The van der Waals surface area contributed by atoms with Crippen molar-refractivity contribution in [3.8, 4) is 5.82 Å². The molecule has 0 amide bonds. The van der Waals surface area contributed by atoms with Gasteiger partial charge in [0, 0.05) is 32.3 Å². The van der Waals surface area contributed by atoms with E-state index in [0.717, 1.165) is 37.4 Å². The second kappa shape index (κ2) is 9.87. The van der Waals surface area contributed by atoms with Gasteiger partial charge in [-0.3, -0.25) is 0 Å². The van der Waals surface area contributed by atoms with Crippen LogP contribution < -0.4 is 15.6 Å². The molecule has 34 heavy (non-hydrogen) atoms. The predicted octanol–water partition coefficient (Wildman–Crippen LogP) is 1.53. The largest absolute Gasteiger partial charge is 0.396 e. The molecule has 3 aromatic rings. The van der Waals surface area contributed by atoms with E-state index in [9.17, 15) is 9.50 Å². The van der Waals surface area contributed by atoms with Gasteiger partial charge in [-0.2, -0.15) is 9.67 Å². The molecule has 0 radical (unpaired) electrons. The Kier molecular flexibility index (Phi) is 6.52. The lowest BCUT2D eigenvalue weighted by atomic mass is 9.98. The molecule has 12 heteroatoms. The van der Waals surface area contributed by atoms with Crippen LogP contribution in [0.2, 0.25) is 0 Å². The van der Waals surface area contributed by atoms with Crippen molar-refractivity contribution in [1.82, 2.24) is 29.7 Å². The van der Waals surface area contributed by atoms with Crippen molar-refractivity contribution in [2.45, 2.75) is 19.2 Å². The Bertz CT molecular complexity index is 1090. The lowest BCUT2D eigenvalue weighted by molar-refractivity contribution is -0.0983. The number of hydrogen-bond acceptors (Lipinski definition) is 10. The lowest BCUT2D eigenvalue weighted by Gasteiger charge is -2.37. The summed E-state index contributed by atoms with van der Waals surface area (Å²) in [5, 5.41) is 17.6. The number of nitrogen functional groups attached to an aromatic ring is 1. The number of hydrazine groups is 1. The third kappa shape index (κ3) is 4.65. The van der Waals surface area contributed by atoms with Crippen molar-refractivity contribution in [2.75, 3.05) is 55.0 Å². The van der Waals surface area contributed by atoms with Crippen molar-refractivity contribution in [1.29, 1.82) is 0 Å². The molecular formula is C22H28FN9O2. The van der Waals surface area contributed by atoms with Gasteiger partial charge in [-0.15, -0.1) is 5.10 Å². The number of piperidine rings is 1. The predicted molar refractivity (Wildman–Crippen MR) is 124 cm³/mol. The number of aromatic nitrogens is 5. The van der Waals surface area contributed by atoms with Gasteiger partial charge in [0.2, 0.25) is 12.3 Å².